The second-order valence-electron chi connectivity index (χ2n) is 6.83. The first-order valence-corrected chi connectivity index (χ1v) is 9.01. The van der Waals surface area contributed by atoms with Crippen LogP contribution in [0.15, 0.2) is 48.5 Å². The lowest BCUT2D eigenvalue weighted by atomic mass is 9.90. The van der Waals surface area contributed by atoms with Gasteiger partial charge in [0.1, 0.15) is 30.5 Å². The number of carbonyl (C=O) groups excluding carboxylic acids is 1. The fourth-order valence-corrected chi connectivity index (χ4v) is 3.37. The molecule has 150 valence electrons. The molecule has 2 aromatic rings. The highest BCUT2D eigenvalue weighted by molar-refractivity contribution is 5.74. The Bertz CT molecular complexity index is 820. The van der Waals surface area contributed by atoms with Gasteiger partial charge < -0.3 is 29.9 Å². The third kappa shape index (κ3) is 4.24. The number of benzene rings is 2. The summed E-state index contributed by atoms with van der Waals surface area (Å²) >= 11 is 0. The van der Waals surface area contributed by atoms with Crippen LogP contribution in [0.5, 0.6) is 0 Å². The van der Waals surface area contributed by atoms with Crippen LogP contribution in [0.2, 0.25) is 0 Å². The molecule has 0 bridgehead atoms. The molecule has 0 unspecified atom stereocenters. The van der Waals surface area contributed by atoms with Gasteiger partial charge in [-0.15, -0.1) is 0 Å². The van der Waals surface area contributed by atoms with E-state index in [1.807, 2.05) is 36.4 Å². The van der Waals surface area contributed by atoms with Crippen molar-refractivity contribution in [2.45, 2.75) is 36.9 Å². The van der Waals surface area contributed by atoms with Crippen LogP contribution in [0, 0.1) is 0 Å². The van der Waals surface area contributed by atoms with Crippen LogP contribution in [0.1, 0.15) is 17.2 Å². The number of rotatable bonds is 5. The lowest BCUT2D eigenvalue weighted by Crippen LogP contribution is -2.55. The average molecular weight is 388 g/mol. The molecular weight excluding hydrogens is 364 g/mol. The van der Waals surface area contributed by atoms with Gasteiger partial charge in [-0.3, -0.25) is 4.79 Å². The van der Waals surface area contributed by atoms with Gasteiger partial charge in [-0.25, -0.2) is 0 Å². The Kier molecular flexibility index (Phi) is 6.43. The molecular formula is C21H24O7. The standard InChI is InChI=1S/C21H24O7/c1-27-17(23)9-12-4-2-5-13(8-12)14-6-3-7-15(10-14)21-20(26)19(25)18(24)16(11-22)28-21/h2-8,10,16,18-22,24-26H,9,11H2,1H3/t16-,18-,19+,20+,21-/m1/s1. The van der Waals surface area contributed by atoms with Gasteiger partial charge in [-0.05, 0) is 28.3 Å². The van der Waals surface area contributed by atoms with E-state index in [2.05, 4.69) is 0 Å². The Morgan fingerprint density at radius 1 is 1.00 bits per heavy atom. The van der Waals surface area contributed by atoms with Crippen molar-refractivity contribution in [2.75, 3.05) is 13.7 Å². The minimum atomic E-state index is -1.43. The summed E-state index contributed by atoms with van der Waals surface area (Å²) in [4.78, 5) is 11.5. The molecule has 7 nitrogen and oxygen atoms in total. The highest BCUT2D eigenvalue weighted by Gasteiger charge is 2.43. The molecule has 5 atom stereocenters. The molecule has 1 fully saturated rings. The number of aliphatic hydroxyl groups excluding tert-OH is 4. The number of carbonyl (C=O) groups is 1. The number of esters is 1. The first-order chi connectivity index (χ1) is 13.4. The highest BCUT2D eigenvalue weighted by atomic mass is 16.5. The molecule has 0 radical (unpaired) electrons. The normalized spacial score (nSPS) is 27.4. The van der Waals surface area contributed by atoms with Gasteiger partial charge in [0.2, 0.25) is 0 Å². The van der Waals surface area contributed by atoms with Gasteiger partial charge in [-0.1, -0.05) is 42.5 Å². The van der Waals surface area contributed by atoms with Crippen molar-refractivity contribution >= 4 is 5.97 Å². The lowest BCUT2D eigenvalue weighted by Gasteiger charge is -2.40. The number of methoxy groups -OCH3 is 1. The van der Waals surface area contributed by atoms with E-state index in [1.165, 1.54) is 7.11 Å². The van der Waals surface area contributed by atoms with E-state index >= 15 is 0 Å². The van der Waals surface area contributed by atoms with E-state index in [4.69, 9.17) is 9.47 Å². The van der Waals surface area contributed by atoms with Gasteiger partial charge in [0.25, 0.3) is 0 Å². The van der Waals surface area contributed by atoms with Crippen molar-refractivity contribution in [3.8, 4) is 11.1 Å². The van der Waals surface area contributed by atoms with Gasteiger partial charge in [0.15, 0.2) is 0 Å². The quantitative estimate of drug-likeness (QED) is 0.554. The van der Waals surface area contributed by atoms with Crippen LogP contribution in [0.25, 0.3) is 11.1 Å². The third-order valence-electron chi connectivity index (χ3n) is 4.94. The van der Waals surface area contributed by atoms with Crippen LogP contribution in [0.4, 0.5) is 0 Å². The second kappa shape index (κ2) is 8.81. The maximum Gasteiger partial charge on any atom is 0.309 e. The monoisotopic (exact) mass is 388 g/mol. The summed E-state index contributed by atoms with van der Waals surface area (Å²) in [6.45, 7) is -0.475. The van der Waals surface area contributed by atoms with Crippen molar-refractivity contribution < 1.29 is 34.7 Å². The number of hydrogen-bond donors (Lipinski definition) is 4. The van der Waals surface area contributed by atoms with E-state index in [9.17, 15) is 25.2 Å². The molecule has 3 rings (SSSR count). The van der Waals surface area contributed by atoms with Gasteiger partial charge >= 0.3 is 5.97 Å². The zero-order valence-corrected chi connectivity index (χ0v) is 15.4. The van der Waals surface area contributed by atoms with Gasteiger partial charge in [-0.2, -0.15) is 0 Å². The van der Waals surface area contributed by atoms with Crippen LogP contribution >= 0.6 is 0 Å². The van der Waals surface area contributed by atoms with Crippen LogP contribution < -0.4 is 0 Å². The molecule has 0 aromatic heterocycles. The largest absolute Gasteiger partial charge is 0.469 e. The summed E-state index contributed by atoms with van der Waals surface area (Å²) < 4.78 is 10.3. The minimum absolute atomic E-state index is 0.163. The lowest BCUT2D eigenvalue weighted by molar-refractivity contribution is -0.231. The summed E-state index contributed by atoms with van der Waals surface area (Å²) in [7, 11) is 1.34. The smallest absolute Gasteiger partial charge is 0.309 e. The number of aliphatic hydroxyl groups is 4. The number of hydrogen-bond acceptors (Lipinski definition) is 7. The predicted molar refractivity (Wildman–Crippen MR) is 100 cm³/mol. The molecule has 0 amide bonds. The van der Waals surface area contributed by atoms with Crippen molar-refractivity contribution in [2.24, 2.45) is 0 Å². The fraction of sp³-hybridized carbons (Fsp3) is 0.381. The molecule has 1 saturated heterocycles. The van der Waals surface area contributed by atoms with Crippen LogP contribution in [0.3, 0.4) is 0 Å². The van der Waals surface area contributed by atoms with Crippen LogP contribution in [-0.2, 0) is 20.7 Å². The zero-order valence-electron chi connectivity index (χ0n) is 15.4. The first kappa shape index (κ1) is 20.4. The summed E-state index contributed by atoms with van der Waals surface area (Å²) in [5, 5.41) is 39.7. The minimum Gasteiger partial charge on any atom is -0.469 e. The Morgan fingerprint density at radius 2 is 1.68 bits per heavy atom. The molecule has 0 saturated carbocycles. The third-order valence-corrected chi connectivity index (χ3v) is 4.94. The molecule has 0 spiro atoms. The van der Waals surface area contributed by atoms with Crippen molar-refractivity contribution in [1.29, 1.82) is 0 Å². The van der Waals surface area contributed by atoms with E-state index < -0.39 is 37.1 Å². The molecule has 28 heavy (non-hydrogen) atoms. The Morgan fingerprint density at radius 3 is 2.36 bits per heavy atom. The first-order valence-electron chi connectivity index (χ1n) is 9.01. The average Bonchev–Trinajstić information content (AvgIpc) is 2.72. The molecule has 1 heterocycles. The van der Waals surface area contributed by atoms with Crippen LogP contribution in [-0.4, -0.2) is 64.5 Å². The van der Waals surface area contributed by atoms with E-state index in [1.54, 1.807) is 12.1 Å². The van der Waals surface area contributed by atoms with E-state index in [-0.39, 0.29) is 12.4 Å². The molecule has 7 heteroatoms. The molecule has 0 aliphatic carbocycles. The Balaban J connectivity index is 1.88. The summed E-state index contributed by atoms with van der Waals surface area (Å²) in [6.07, 6.45) is -5.85. The Hall–Kier alpha value is -2.29. The summed E-state index contributed by atoms with van der Waals surface area (Å²) in [5.41, 5.74) is 3.12. The molecule has 1 aliphatic rings. The van der Waals surface area contributed by atoms with Crippen molar-refractivity contribution in [1.82, 2.24) is 0 Å². The van der Waals surface area contributed by atoms with Gasteiger partial charge in [0.05, 0.1) is 20.1 Å². The predicted octanol–water partition coefficient (Wildman–Crippen LogP) is 0.584. The molecule has 2 aromatic carbocycles. The highest BCUT2D eigenvalue weighted by Crippen LogP contribution is 2.34. The van der Waals surface area contributed by atoms with Crippen molar-refractivity contribution in [3.05, 3.63) is 59.7 Å². The van der Waals surface area contributed by atoms with Crippen molar-refractivity contribution in [3.63, 3.8) is 0 Å². The molecule has 1 aliphatic heterocycles. The van der Waals surface area contributed by atoms with Gasteiger partial charge in [0, 0.05) is 0 Å². The van der Waals surface area contributed by atoms with E-state index in [0.29, 0.717) is 5.56 Å². The second-order valence-corrected chi connectivity index (χ2v) is 6.83. The fourth-order valence-electron chi connectivity index (χ4n) is 3.37. The topological polar surface area (TPSA) is 116 Å². The zero-order chi connectivity index (χ0) is 20.3. The summed E-state index contributed by atoms with van der Waals surface area (Å²) in [5.74, 6) is -0.327. The number of ether oxygens (including phenoxy) is 2. The maximum atomic E-state index is 11.5. The van der Waals surface area contributed by atoms with E-state index in [0.717, 1.165) is 16.7 Å². The molecule has 4 N–H and O–H groups in total. The Labute approximate surface area is 162 Å². The SMILES string of the molecule is COC(=O)Cc1cccc(-c2cccc([C@H]3O[C@H](CO)[C@@H](O)[C@H](O)[C@@H]3O)c2)c1. The summed E-state index contributed by atoms with van der Waals surface area (Å²) in [6, 6.07) is 14.7. The maximum absolute atomic E-state index is 11.5.